The van der Waals surface area contributed by atoms with Crippen molar-refractivity contribution < 1.29 is 9.90 Å². The summed E-state index contributed by atoms with van der Waals surface area (Å²) < 4.78 is 1.01. The van der Waals surface area contributed by atoms with Gasteiger partial charge in [0.15, 0.2) is 0 Å². The van der Waals surface area contributed by atoms with Crippen molar-refractivity contribution in [2.75, 3.05) is 6.54 Å². The number of halogens is 1. The van der Waals surface area contributed by atoms with Crippen molar-refractivity contribution in [3.8, 4) is 0 Å². The van der Waals surface area contributed by atoms with Crippen LogP contribution in [0.2, 0.25) is 0 Å². The maximum Gasteiger partial charge on any atom is 0.315 e. The molecule has 0 heterocycles. The second-order valence-corrected chi connectivity index (χ2v) is 5.05. The Labute approximate surface area is 116 Å². The van der Waals surface area contributed by atoms with Crippen molar-refractivity contribution in [3.63, 3.8) is 0 Å². The molecule has 2 amide bonds. The van der Waals surface area contributed by atoms with E-state index in [-0.39, 0.29) is 6.03 Å². The van der Waals surface area contributed by atoms with E-state index in [9.17, 15) is 9.90 Å². The van der Waals surface area contributed by atoms with E-state index in [2.05, 4.69) is 26.6 Å². The molecule has 100 valence electrons. The van der Waals surface area contributed by atoms with Crippen LogP contribution in [-0.4, -0.2) is 23.8 Å². The quantitative estimate of drug-likeness (QED) is 0.755. The number of rotatable bonds is 6. The van der Waals surface area contributed by atoms with Crippen molar-refractivity contribution in [2.45, 2.75) is 32.4 Å². The van der Waals surface area contributed by atoms with Gasteiger partial charge in [0.05, 0.1) is 6.10 Å². The van der Waals surface area contributed by atoms with Crippen LogP contribution >= 0.6 is 15.9 Å². The Hall–Kier alpha value is -1.07. The van der Waals surface area contributed by atoms with Crippen LogP contribution in [0.5, 0.6) is 0 Å². The molecule has 4 nitrogen and oxygen atoms in total. The lowest BCUT2D eigenvalue weighted by Gasteiger charge is -2.11. The monoisotopic (exact) mass is 314 g/mol. The van der Waals surface area contributed by atoms with E-state index < -0.39 is 6.10 Å². The van der Waals surface area contributed by atoms with Gasteiger partial charge in [0.2, 0.25) is 0 Å². The Bertz CT molecular complexity index is 368. The van der Waals surface area contributed by atoms with Gasteiger partial charge in [-0.2, -0.15) is 0 Å². The molecule has 1 unspecified atom stereocenters. The van der Waals surface area contributed by atoms with E-state index >= 15 is 0 Å². The van der Waals surface area contributed by atoms with Crippen molar-refractivity contribution >= 4 is 22.0 Å². The number of hydrogen-bond acceptors (Lipinski definition) is 2. The van der Waals surface area contributed by atoms with Crippen molar-refractivity contribution in [1.29, 1.82) is 0 Å². The smallest absolute Gasteiger partial charge is 0.315 e. The Morgan fingerprint density at radius 1 is 1.33 bits per heavy atom. The van der Waals surface area contributed by atoms with Crippen LogP contribution in [0.4, 0.5) is 4.79 Å². The van der Waals surface area contributed by atoms with Gasteiger partial charge in [0.1, 0.15) is 0 Å². The third kappa shape index (κ3) is 6.02. The average molecular weight is 315 g/mol. The molecule has 1 aromatic carbocycles. The fourth-order valence-electron chi connectivity index (χ4n) is 1.49. The molecule has 0 fully saturated rings. The van der Waals surface area contributed by atoms with Gasteiger partial charge in [-0.05, 0) is 24.1 Å². The number of hydrogen-bond donors (Lipinski definition) is 3. The van der Waals surface area contributed by atoms with Crippen LogP contribution in [0.15, 0.2) is 28.7 Å². The molecule has 1 rings (SSSR count). The summed E-state index contributed by atoms with van der Waals surface area (Å²) in [4.78, 5) is 11.4. The molecule has 18 heavy (non-hydrogen) atoms. The third-order valence-corrected chi connectivity index (χ3v) is 3.02. The number of amides is 2. The largest absolute Gasteiger partial charge is 0.391 e. The topological polar surface area (TPSA) is 61.4 Å². The second kappa shape index (κ2) is 8.11. The number of aliphatic hydroxyl groups excluding tert-OH is 1. The number of carbonyl (C=O) groups is 1. The van der Waals surface area contributed by atoms with E-state index in [4.69, 9.17) is 0 Å². The summed E-state index contributed by atoms with van der Waals surface area (Å²) in [5.74, 6) is 0. The molecular formula is C13H19BrN2O2. The minimum absolute atomic E-state index is 0.256. The van der Waals surface area contributed by atoms with E-state index in [1.165, 1.54) is 0 Å². The lowest BCUT2D eigenvalue weighted by molar-refractivity contribution is 0.160. The van der Waals surface area contributed by atoms with E-state index in [0.29, 0.717) is 19.5 Å². The number of benzene rings is 1. The molecule has 0 saturated carbocycles. The molecule has 0 aromatic heterocycles. The fraction of sp³-hybridized carbons (Fsp3) is 0.462. The molecule has 5 heteroatoms. The summed E-state index contributed by atoms with van der Waals surface area (Å²) in [5, 5.41) is 14.8. The molecule has 0 radical (unpaired) electrons. The van der Waals surface area contributed by atoms with Gasteiger partial charge < -0.3 is 15.7 Å². The van der Waals surface area contributed by atoms with Crippen LogP contribution in [-0.2, 0) is 6.54 Å². The van der Waals surface area contributed by atoms with Crippen molar-refractivity contribution in [2.24, 2.45) is 0 Å². The number of nitrogens with one attached hydrogen (secondary N) is 2. The summed E-state index contributed by atoms with van der Waals surface area (Å²) >= 11 is 3.35. The Balaban J connectivity index is 2.22. The zero-order chi connectivity index (χ0) is 13.4. The molecule has 3 N–H and O–H groups in total. The SMILES string of the molecule is CCCC(O)CNC(=O)NCc1ccc(Br)cc1. The maximum absolute atomic E-state index is 11.4. The van der Waals surface area contributed by atoms with E-state index in [0.717, 1.165) is 16.5 Å². The molecular weight excluding hydrogens is 296 g/mol. The summed E-state index contributed by atoms with van der Waals surface area (Å²) in [7, 11) is 0. The summed E-state index contributed by atoms with van der Waals surface area (Å²) in [6.45, 7) is 2.76. The lowest BCUT2D eigenvalue weighted by Crippen LogP contribution is -2.39. The van der Waals surface area contributed by atoms with Crippen LogP contribution in [0, 0.1) is 0 Å². The number of carbonyl (C=O) groups excluding carboxylic acids is 1. The zero-order valence-electron chi connectivity index (χ0n) is 10.4. The van der Waals surface area contributed by atoms with Crippen molar-refractivity contribution in [3.05, 3.63) is 34.3 Å². The van der Waals surface area contributed by atoms with Gasteiger partial charge in [0, 0.05) is 17.6 Å². The zero-order valence-corrected chi connectivity index (χ0v) is 12.0. The molecule has 1 aromatic rings. The van der Waals surface area contributed by atoms with Crippen LogP contribution in [0.25, 0.3) is 0 Å². The second-order valence-electron chi connectivity index (χ2n) is 4.13. The highest BCUT2D eigenvalue weighted by molar-refractivity contribution is 9.10. The number of aliphatic hydroxyl groups is 1. The maximum atomic E-state index is 11.4. The van der Waals surface area contributed by atoms with Gasteiger partial charge in [0.25, 0.3) is 0 Å². The third-order valence-electron chi connectivity index (χ3n) is 2.49. The van der Waals surface area contributed by atoms with Crippen LogP contribution in [0.1, 0.15) is 25.3 Å². The van der Waals surface area contributed by atoms with E-state index in [1.807, 2.05) is 31.2 Å². The Kier molecular flexibility index (Phi) is 6.75. The van der Waals surface area contributed by atoms with E-state index in [1.54, 1.807) is 0 Å². The minimum Gasteiger partial charge on any atom is -0.391 e. The molecule has 1 atom stereocenters. The predicted molar refractivity (Wildman–Crippen MR) is 75.3 cm³/mol. The molecule has 0 saturated heterocycles. The number of urea groups is 1. The molecule has 0 bridgehead atoms. The molecule has 0 spiro atoms. The average Bonchev–Trinajstić information content (AvgIpc) is 2.36. The normalized spacial score (nSPS) is 11.9. The van der Waals surface area contributed by atoms with Gasteiger partial charge in [-0.15, -0.1) is 0 Å². The first-order valence-corrected chi connectivity index (χ1v) is 6.85. The van der Waals surface area contributed by atoms with Crippen LogP contribution < -0.4 is 10.6 Å². The summed E-state index contributed by atoms with van der Waals surface area (Å²) in [6.07, 6.45) is 1.14. The highest BCUT2D eigenvalue weighted by Crippen LogP contribution is 2.10. The highest BCUT2D eigenvalue weighted by atomic mass is 79.9. The van der Waals surface area contributed by atoms with Crippen LogP contribution in [0.3, 0.4) is 0 Å². The van der Waals surface area contributed by atoms with Gasteiger partial charge >= 0.3 is 6.03 Å². The Morgan fingerprint density at radius 2 is 2.00 bits per heavy atom. The first kappa shape index (κ1) is 15.0. The van der Waals surface area contributed by atoms with Gasteiger partial charge in [-0.1, -0.05) is 41.4 Å². The van der Waals surface area contributed by atoms with Crippen molar-refractivity contribution in [1.82, 2.24) is 10.6 Å². The fourth-order valence-corrected chi connectivity index (χ4v) is 1.76. The Morgan fingerprint density at radius 3 is 2.61 bits per heavy atom. The molecule has 0 aliphatic rings. The first-order valence-electron chi connectivity index (χ1n) is 6.06. The standard InChI is InChI=1S/C13H19BrN2O2/c1-2-3-12(17)9-16-13(18)15-8-10-4-6-11(14)7-5-10/h4-7,12,17H,2-3,8-9H2,1H3,(H2,15,16,18). The molecule has 0 aliphatic heterocycles. The minimum atomic E-state index is -0.464. The highest BCUT2D eigenvalue weighted by Gasteiger charge is 2.05. The predicted octanol–water partition coefficient (Wildman–Crippen LogP) is 2.41. The molecule has 0 aliphatic carbocycles. The van der Waals surface area contributed by atoms with Gasteiger partial charge in [-0.25, -0.2) is 4.79 Å². The first-order chi connectivity index (χ1) is 8.61. The summed E-state index contributed by atoms with van der Waals surface area (Å²) in [5.41, 5.74) is 1.03. The summed E-state index contributed by atoms with van der Waals surface area (Å²) in [6, 6.07) is 7.49. The lowest BCUT2D eigenvalue weighted by atomic mass is 10.2. The van der Waals surface area contributed by atoms with Gasteiger partial charge in [-0.3, -0.25) is 0 Å².